The summed E-state index contributed by atoms with van der Waals surface area (Å²) in [5, 5.41) is 2.13. The van der Waals surface area contributed by atoms with Gasteiger partial charge in [0.1, 0.15) is 5.75 Å². The van der Waals surface area contributed by atoms with E-state index >= 15 is 0 Å². The van der Waals surface area contributed by atoms with Crippen molar-refractivity contribution in [2.45, 2.75) is 27.2 Å². The minimum Gasteiger partial charge on any atom is -0.496 e. The predicted octanol–water partition coefficient (Wildman–Crippen LogP) is 4.30. The lowest BCUT2D eigenvalue weighted by atomic mass is 10.0. The lowest BCUT2D eigenvalue weighted by molar-refractivity contribution is 0.410. The molecule has 0 saturated heterocycles. The lowest BCUT2D eigenvalue weighted by Gasteiger charge is -2.12. The summed E-state index contributed by atoms with van der Waals surface area (Å²) in [6, 6.07) is 3.99. The molecule has 2 nitrogen and oxygen atoms in total. The second-order valence-electron chi connectivity index (χ2n) is 4.48. The van der Waals surface area contributed by atoms with Crippen LogP contribution in [0.15, 0.2) is 34.6 Å². The molecule has 0 saturated carbocycles. The number of thioether (sulfide) groups is 1. The molecule has 3 heteroatoms. The number of aryl methyl sites for hydroxylation is 1. The molecule has 18 heavy (non-hydrogen) atoms. The van der Waals surface area contributed by atoms with Crippen molar-refractivity contribution in [3.63, 3.8) is 0 Å². The van der Waals surface area contributed by atoms with E-state index < -0.39 is 0 Å². The first-order valence-electron chi connectivity index (χ1n) is 5.84. The normalized spacial score (nSPS) is 11.4. The van der Waals surface area contributed by atoms with Crippen LogP contribution in [0.25, 0.3) is 0 Å². The van der Waals surface area contributed by atoms with Crippen molar-refractivity contribution in [3.8, 4) is 5.75 Å². The molecule has 0 fully saturated rings. The van der Waals surface area contributed by atoms with Gasteiger partial charge in [-0.25, -0.2) is 0 Å². The molecule has 0 atom stereocenters. The van der Waals surface area contributed by atoms with Crippen molar-refractivity contribution in [1.82, 2.24) is 0 Å². The first-order chi connectivity index (χ1) is 8.43. The number of methoxy groups -OCH3 is 1. The van der Waals surface area contributed by atoms with Crippen molar-refractivity contribution in [3.05, 3.63) is 45.7 Å². The summed E-state index contributed by atoms with van der Waals surface area (Å²) in [7, 11) is 1.68. The molecule has 0 aliphatic carbocycles. The Morgan fingerprint density at radius 3 is 2.67 bits per heavy atom. The van der Waals surface area contributed by atoms with Crippen LogP contribution in [0.5, 0.6) is 5.75 Å². The van der Waals surface area contributed by atoms with Crippen LogP contribution in [0.4, 0.5) is 5.69 Å². The van der Waals surface area contributed by atoms with Gasteiger partial charge in [-0.1, -0.05) is 18.2 Å². The van der Waals surface area contributed by atoms with Gasteiger partial charge in [-0.2, -0.15) is 0 Å². The van der Waals surface area contributed by atoms with Gasteiger partial charge < -0.3 is 10.5 Å². The summed E-state index contributed by atoms with van der Waals surface area (Å²) in [6.45, 7) is 10.00. The van der Waals surface area contributed by atoms with E-state index in [0.717, 1.165) is 28.3 Å². The zero-order valence-corrected chi connectivity index (χ0v) is 12.4. The number of nitrogen functional groups attached to an aromatic ring is 1. The van der Waals surface area contributed by atoms with Gasteiger partial charge in [-0.3, -0.25) is 0 Å². The van der Waals surface area contributed by atoms with E-state index in [9.17, 15) is 0 Å². The second-order valence-corrected chi connectivity index (χ2v) is 5.65. The van der Waals surface area contributed by atoms with Crippen LogP contribution < -0.4 is 10.5 Å². The molecular weight excluding hydrogens is 242 g/mol. The molecule has 1 aromatic carbocycles. The molecule has 0 radical (unpaired) electrons. The largest absolute Gasteiger partial charge is 0.496 e. The van der Waals surface area contributed by atoms with Crippen LogP contribution in [0.1, 0.15) is 25.0 Å². The van der Waals surface area contributed by atoms with E-state index in [2.05, 4.69) is 25.0 Å². The number of hydrogen-bond donors (Lipinski definition) is 1. The number of anilines is 1. The number of hydrogen-bond acceptors (Lipinski definition) is 3. The summed E-state index contributed by atoms with van der Waals surface area (Å²) in [5.41, 5.74) is 10.2. The standard InChI is InChI=1S/C15H21NOS/c1-10(2)18-9-11(3)6-13-7-12(4)14(16)8-15(13)17-5/h7-9H,1,6,16H2,2-5H3/b11-9+. The van der Waals surface area contributed by atoms with Gasteiger partial charge in [0.25, 0.3) is 0 Å². The van der Waals surface area contributed by atoms with Gasteiger partial charge in [0.05, 0.1) is 7.11 Å². The SMILES string of the molecule is C=C(C)S/C=C(\C)Cc1cc(C)c(N)cc1OC. The van der Waals surface area contributed by atoms with E-state index in [1.165, 1.54) is 11.1 Å². The Hall–Kier alpha value is -1.35. The topological polar surface area (TPSA) is 35.2 Å². The summed E-state index contributed by atoms with van der Waals surface area (Å²) < 4.78 is 5.38. The van der Waals surface area contributed by atoms with E-state index in [1.54, 1.807) is 18.9 Å². The second kappa shape index (κ2) is 6.55. The number of ether oxygens (including phenoxy) is 1. The maximum atomic E-state index is 5.88. The quantitative estimate of drug-likeness (QED) is 0.804. The van der Waals surface area contributed by atoms with Crippen LogP contribution in [-0.4, -0.2) is 7.11 Å². The van der Waals surface area contributed by atoms with E-state index in [4.69, 9.17) is 10.5 Å². The minimum absolute atomic E-state index is 0.772. The van der Waals surface area contributed by atoms with Gasteiger partial charge in [-0.05, 0) is 48.6 Å². The first kappa shape index (κ1) is 14.7. The number of rotatable bonds is 5. The van der Waals surface area contributed by atoms with Gasteiger partial charge in [0.15, 0.2) is 0 Å². The Morgan fingerprint density at radius 2 is 2.11 bits per heavy atom. The van der Waals surface area contributed by atoms with E-state index in [1.807, 2.05) is 19.9 Å². The maximum Gasteiger partial charge on any atom is 0.124 e. The molecule has 0 unspecified atom stereocenters. The van der Waals surface area contributed by atoms with Crippen molar-refractivity contribution in [2.24, 2.45) is 0 Å². The molecule has 0 aliphatic heterocycles. The van der Waals surface area contributed by atoms with Gasteiger partial charge in [-0.15, -0.1) is 11.8 Å². The van der Waals surface area contributed by atoms with Crippen molar-refractivity contribution in [2.75, 3.05) is 12.8 Å². The smallest absolute Gasteiger partial charge is 0.124 e. The molecular formula is C15H21NOS. The van der Waals surface area contributed by atoms with Crippen LogP contribution >= 0.6 is 11.8 Å². The van der Waals surface area contributed by atoms with Crippen molar-refractivity contribution >= 4 is 17.4 Å². The van der Waals surface area contributed by atoms with Crippen molar-refractivity contribution < 1.29 is 4.74 Å². The number of allylic oxidation sites excluding steroid dienone is 2. The minimum atomic E-state index is 0.772. The molecule has 0 amide bonds. The fraction of sp³-hybridized carbons (Fsp3) is 0.333. The van der Waals surface area contributed by atoms with Gasteiger partial charge in [0.2, 0.25) is 0 Å². The highest BCUT2D eigenvalue weighted by Crippen LogP contribution is 2.28. The summed E-state index contributed by atoms with van der Waals surface area (Å²) >= 11 is 1.66. The third-order valence-electron chi connectivity index (χ3n) is 2.60. The molecule has 98 valence electrons. The number of nitrogens with two attached hydrogens (primary N) is 1. The Kier molecular flexibility index (Phi) is 5.35. The number of benzene rings is 1. The van der Waals surface area contributed by atoms with E-state index in [-0.39, 0.29) is 0 Å². The molecule has 1 aromatic rings. The summed E-state index contributed by atoms with van der Waals surface area (Å²) in [5.74, 6) is 0.853. The highest BCUT2D eigenvalue weighted by Gasteiger charge is 2.07. The zero-order valence-electron chi connectivity index (χ0n) is 11.5. The van der Waals surface area contributed by atoms with Crippen LogP contribution in [-0.2, 0) is 6.42 Å². The molecule has 0 spiro atoms. The molecule has 0 heterocycles. The summed E-state index contributed by atoms with van der Waals surface area (Å²) in [6.07, 6.45) is 0.866. The summed E-state index contributed by atoms with van der Waals surface area (Å²) in [4.78, 5) is 1.09. The third-order valence-corrected chi connectivity index (χ3v) is 3.52. The third kappa shape index (κ3) is 4.15. The van der Waals surface area contributed by atoms with Gasteiger partial charge in [0, 0.05) is 11.8 Å². The van der Waals surface area contributed by atoms with Crippen LogP contribution in [0.2, 0.25) is 0 Å². The highest BCUT2D eigenvalue weighted by molar-refractivity contribution is 8.05. The fourth-order valence-corrected chi connectivity index (χ4v) is 2.12. The first-order valence-corrected chi connectivity index (χ1v) is 6.72. The molecule has 0 bridgehead atoms. The monoisotopic (exact) mass is 263 g/mol. The molecule has 0 aliphatic rings. The molecule has 0 aromatic heterocycles. The van der Waals surface area contributed by atoms with Crippen LogP contribution in [0.3, 0.4) is 0 Å². The maximum absolute atomic E-state index is 5.88. The molecule has 1 rings (SSSR count). The average molecular weight is 263 g/mol. The highest BCUT2D eigenvalue weighted by atomic mass is 32.2. The Morgan fingerprint density at radius 1 is 1.44 bits per heavy atom. The lowest BCUT2D eigenvalue weighted by Crippen LogP contribution is -1.98. The Labute approximate surface area is 114 Å². The van der Waals surface area contributed by atoms with Crippen molar-refractivity contribution in [1.29, 1.82) is 0 Å². The Bertz CT molecular complexity index is 478. The fourth-order valence-electron chi connectivity index (χ4n) is 1.64. The van der Waals surface area contributed by atoms with Crippen LogP contribution in [0, 0.1) is 6.92 Å². The average Bonchev–Trinajstić information content (AvgIpc) is 2.31. The van der Waals surface area contributed by atoms with Gasteiger partial charge >= 0.3 is 0 Å². The predicted molar refractivity (Wildman–Crippen MR) is 82.0 cm³/mol. The molecule has 2 N–H and O–H groups in total. The Balaban J connectivity index is 2.93. The zero-order chi connectivity index (χ0) is 13.7. The van der Waals surface area contributed by atoms with E-state index in [0.29, 0.717) is 0 Å².